The van der Waals surface area contributed by atoms with E-state index in [-0.39, 0.29) is 72.7 Å². The monoisotopic (exact) mass is 665 g/mol. The van der Waals surface area contributed by atoms with Gasteiger partial charge in [-0.15, -0.1) is 0 Å². The smallest absolute Gasteiger partial charge is 0.311 e. The fourth-order valence-electron chi connectivity index (χ4n) is 7.29. The number of Topliss-reactive ketones (excluding diaryl/α,β-unsaturated/α-hetero) is 1. The molecular formula is C36H63N3O8. The number of carbonyl (C=O) groups excluding carboxylic acids is 5. The largest absolute Gasteiger partial charge is 0.469 e. The van der Waals surface area contributed by atoms with Crippen molar-refractivity contribution in [1.82, 2.24) is 9.80 Å². The second-order valence-electron chi connectivity index (χ2n) is 16.3. The molecule has 0 aromatic rings. The van der Waals surface area contributed by atoms with Gasteiger partial charge in [0.05, 0.1) is 37.6 Å². The molecule has 1 heterocycles. The molecule has 0 radical (unpaired) electrons. The Bertz CT molecular complexity index is 1100. The molecule has 1 saturated heterocycles. The van der Waals surface area contributed by atoms with Crippen LogP contribution >= 0.6 is 0 Å². The van der Waals surface area contributed by atoms with Gasteiger partial charge in [-0.3, -0.25) is 24.0 Å². The quantitative estimate of drug-likeness (QED) is 0.178. The summed E-state index contributed by atoms with van der Waals surface area (Å²) in [7, 11) is 1.38. The number of ketones is 1. The van der Waals surface area contributed by atoms with Crippen molar-refractivity contribution in [1.29, 1.82) is 0 Å². The molecule has 0 aromatic carbocycles. The van der Waals surface area contributed by atoms with E-state index in [1.54, 1.807) is 18.7 Å². The van der Waals surface area contributed by atoms with Crippen molar-refractivity contribution in [3.63, 3.8) is 0 Å². The Morgan fingerprint density at radius 2 is 1.55 bits per heavy atom. The summed E-state index contributed by atoms with van der Waals surface area (Å²) >= 11 is 0. The van der Waals surface area contributed by atoms with Crippen molar-refractivity contribution in [2.75, 3.05) is 59.6 Å². The summed E-state index contributed by atoms with van der Waals surface area (Å²) in [4.78, 5) is 70.1. The molecule has 4 unspecified atom stereocenters. The molecule has 0 bridgehead atoms. The molecule has 11 heteroatoms. The zero-order valence-corrected chi connectivity index (χ0v) is 30.8. The SMILES string of the molecule is COC(=O)C1CC(CCN(CCN)CCN2CC(C(=O)OCC(C)C)CC(C)(CC(C)(C)C(=O)OCC(C)C)C2=O)C(=O)C(C)(C)C1. The van der Waals surface area contributed by atoms with Crippen LogP contribution in [0, 0.1) is 45.8 Å². The summed E-state index contributed by atoms with van der Waals surface area (Å²) in [5.74, 6) is -1.68. The highest BCUT2D eigenvalue weighted by Crippen LogP contribution is 2.44. The van der Waals surface area contributed by atoms with E-state index in [1.807, 2.05) is 48.5 Å². The maximum absolute atomic E-state index is 14.2. The maximum Gasteiger partial charge on any atom is 0.311 e. The van der Waals surface area contributed by atoms with E-state index in [2.05, 4.69) is 4.90 Å². The number of nitrogens with zero attached hydrogens (tertiary/aromatic N) is 2. The molecule has 1 aliphatic heterocycles. The number of methoxy groups -OCH3 is 1. The number of amides is 1. The number of ether oxygens (including phenoxy) is 3. The van der Waals surface area contributed by atoms with Crippen LogP contribution < -0.4 is 5.73 Å². The minimum atomic E-state index is -0.984. The third-order valence-corrected chi connectivity index (χ3v) is 9.59. The molecule has 4 atom stereocenters. The second-order valence-corrected chi connectivity index (χ2v) is 16.3. The Morgan fingerprint density at radius 1 is 0.936 bits per heavy atom. The average Bonchev–Trinajstić information content (AvgIpc) is 2.98. The van der Waals surface area contributed by atoms with E-state index in [0.29, 0.717) is 65.2 Å². The number of rotatable bonds is 17. The summed E-state index contributed by atoms with van der Waals surface area (Å²) in [6.45, 7) is 20.3. The fraction of sp³-hybridized carbons (Fsp3) is 0.861. The number of hydrogen-bond donors (Lipinski definition) is 1. The Kier molecular flexibility index (Phi) is 14.9. The Labute approximate surface area is 283 Å². The number of piperidine rings is 1. The predicted molar refractivity (Wildman–Crippen MR) is 180 cm³/mol. The van der Waals surface area contributed by atoms with Crippen molar-refractivity contribution in [2.24, 2.45) is 51.6 Å². The number of nitrogens with two attached hydrogens (primary N) is 1. The molecule has 2 N–H and O–H groups in total. The maximum atomic E-state index is 14.2. The first-order chi connectivity index (χ1) is 21.8. The third-order valence-electron chi connectivity index (χ3n) is 9.59. The minimum absolute atomic E-state index is 0.104. The highest BCUT2D eigenvalue weighted by Gasteiger charge is 2.50. The molecule has 1 saturated carbocycles. The van der Waals surface area contributed by atoms with Crippen molar-refractivity contribution in [2.45, 2.75) is 94.4 Å². The summed E-state index contributed by atoms with van der Waals surface area (Å²) < 4.78 is 16.2. The molecule has 2 aliphatic rings. The van der Waals surface area contributed by atoms with E-state index in [9.17, 15) is 24.0 Å². The van der Waals surface area contributed by atoms with Crippen LogP contribution in [0.1, 0.15) is 94.4 Å². The minimum Gasteiger partial charge on any atom is -0.469 e. The predicted octanol–water partition coefficient (Wildman–Crippen LogP) is 4.10. The number of esters is 3. The van der Waals surface area contributed by atoms with Gasteiger partial charge in [-0.2, -0.15) is 0 Å². The fourth-order valence-corrected chi connectivity index (χ4v) is 7.29. The zero-order valence-electron chi connectivity index (χ0n) is 30.8. The van der Waals surface area contributed by atoms with E-state index in [1.165, 1.54) is 7.11 Å². The average molecular weight is 666 g/mol. The molecule has 0 aromatic heterocycles. The van der Waals surface area contributed by atoms with Crippen LogP contribution in [-0.4, -0.2) is 99.0 Å². The Hall–Kier alpha value is -2.53. The van der Waals surface area contributed by atoms with Crippen LogP contribution in [0.4, 0.5) is 0 Å². The first-order valence-electron chi connectivity index (χ1n) is 17.4. The van der Waals surface area contributed by atoms with Crippen LogP contribution in [0.15, 0.2) is 0 Å². The topological polar surface area (TPSA) is 146 Å². The number of carbonyl (C=O) groups is 5. The lowest BCUT2D eigenvalue weighted by molar-refractivity contribution is -0.166. The molecule has 47 heavy (non-hydrogen) atoms. The molecule has 2 fully saturated rings. The van der Waals surface area contributed by atoms with E-state index in [0.717, 1.165) is 0 Å². The number of likely N-dealkylation sites (tertiary alicyclic amines) is 1. The highest BCUT2D eigenvalue weighted by atomic mass is 16.5. The molecule has 2 rings (SSSR count). The molecule has 1 aliphatic carbocycles. The Balaban J connectivity index is 2.22. The van der Waals surface area contributed by atoms with Crippen molar-refractivity contribution in [3.8, 4) is 0 Å². The lowest BCUT2D eigenvalue weighted by Gasteiger charge is -2.45. The van der Waals surface area contributed by atoms with Gasteiger partial charge in [0.15, 0.2) is 0 Å². The van der Waals surface area contributed by atoms with Gasteiger partial charge in [0.1, 0.15) is 5.78 Å². The lowest BCUT2D eigenvalue weighted by atomic mass is 9.65. The molecule has 0 spiro atoms. The summed E-state index contributed by atoms with van der Waals surface area (Å²) in [6, 6.07) is 0. The van der Waals surface area contributed by atoms with Gasteiger partial charge in [0.2, 0.25) is 5.91 Å². The van der Waals surface area contributed by atoms with Crippen LogP contribution in [0.5, 0.6) is 0 Å². The number of hydrogen-bond acceptors (Lipinski definition) is 10. The lowest BCUT2D eigenvalue weighted by Crippen LogP contribution is -2.56. The molecule has 1 amide bonds. The van der Waals surface area contributed by atoms with E-state index < -0.39 is 22.2 Å². The van der Waals surface area contributed by atoms with Gasteiger partial charge < -0.3 is 29.7 Å². The summed E-state index contributed by atoms with van der Waals surface area (Å²) in [5.41, 5.74) is 3.43. The van der Waals surface area contributed by atoms with Gasteiger partial charge in [0.25, 0.3) is 0 Å². The van der Waals surface area contributed by atoms with Crippen molar-refractivity contribution >= 4 is 29.6 Å². The first-order valence-corrected chi connectivity index (χ1v) is 17.4. The third kappa shape index (κ3) is 11.5. The van der Waals surface area contributed by atoms with Gasteiger partial charge in [-0.05, 0) is 64.3 Å². The summed E-state index contributed by atoms with van der Waals surface area (Å²) in [6.07, 6.45) is 2.02. The molecular weight excluding hydrogens is 602 g/mol. The van der Waals surface area contributed by atoms with Crippen LogP contribution in [0.25, 0.3) is 0 Å². The van der Waals surface area contributed by atoms with E-state index in [4.69, 9.17) is 19.9 Å². The van der Waals surface area contributed by atoms with Crippen molar-refractivity contribution < 1.29 is 38.2 Å². The zero-order chi connectivity index (χ0) is 35.7. The van der Waals surface area contributed by atoms with E-state index >= 15 is 0 Å². The molecule has 270 valence electrons. The van der Waals surface area contributed by atoms with Crippen LogP contribution in [0.2, 0.25) is 0 Å². The van der Waals surface area contributed by atoms with Gasteiger partial charge in [-0.25, -0.2) is 0 Å². The highest BCUT2D eigenvalue weighted by molar-refractivity contribution is 5.89. The van der Waals surface area contributed by atoms with Gasteiger partial charge in [0, 0.05) is 49.5 Å². The first kappa shape index (κ1) is 40.6. The Morgan fingerprint density at radius 3 is 2.13 bits per heavy atom. The second kappa shape index (κ2) is 17.2. The van der Waals surface area contributed by atoms with Gasteiger partial charge >= 0.3 is 17.9 Å². The summed E-state index contributed by atoms with van der Waals surface area (Å²) in [5, 5.41) is 0. The van der Waals surface area contributed by atoms with Crippen LogP contribution in [-0.2, 0) is 38.2 Å². The normalized spacial score (nSPS) is 25.0. The van der Waals surface area contributed by atoms with Gasteiger partial charge in [-0.1, -0.05) is 48.5 Å². The van der Waals surface area contributed by atoms with Crippen molar-refractivity contribution in [3.05, 3.63) is 0 Å². The van der Waals surface area contributed by atoms with Crippen LogP contribution in [0.3, 0.4) is 0 Å². The molecule has 11 nitrogen and oxygen atoms in total. The standard InChI is InChI=1S/C36H63N3O8/c1-24(2)21-46-31(42)28-19-36(9,23-35(7,8)33(44)47-22-25(3)4)32(43)39(20-28)16-15-38(14-12-37)13-11-26-17-27(30(41)45-10)18-34(5,6)29(26)40/h24-28H,11-23,37H2,1-10H3.